The number of hydrogen-bond acceptors (Lipinski definition) is 7. The van der Waals surface area contributed by atoms with Crippen molar-refractivity contribution in [3.63, 3.8) is 0 Å². The SMILES string of the molecule is O=C(Nc1nc(-c2cccnc2)cs1)C1CC(=O)N(c2ccc3c(c2)OCCO3)C1. The number of aromatic nitrogens is 2. The molecule has 152 valence electrons. The molecule has 1 atom stereocenters. The van der Waals surface area contributed by atoms with Gasteiger partial charge in [0.05, 0.1) is 11.6 Å². The third-order valence-corrected chi connectivity index (χ3v) is 5.78. The average molecular weight is 422 g/mol. The van der Waals surface area contributed by atoms with E-state index in [1.807, 2.05) is 23.6 Å². The first-order valence-corrected chi connectivity index (χ1v) is 10.4. The lowest BCUT2D eigenvalue weighted by atomic mass is 10.1. The van der Waals surface area contributed by atoms with Gasteiger partial charge in [0, 0.05) is 48.1 Å². The van der Waals surface area contributed by atoms with Crippen molar-refractivity contribution in [3.05, 3.63) is 48.1 Å². The van der Waals surface area contributed by atoms with E-state index in [4.69, 9.17) is 9.47 Å². The Morgan fingerprint density at radius 1 is 1.20 bits per heavy atom. The van der Waals surface area contributed by atoms with Gasteiger partial charge in [-0.15, -0.1) is 11.3 Å². The number of hydrogen-bond donors (Lipinski definition) is 1. The molecule has 2 amide bonds. The number of fused-ring (bicyclic) bond motifs is 1. The maximum atomic E-state index is 12.7. The van der Waals surface area contributed by atoms with Crippen LogP contribution < -0.4 is 19.7 Å². The second-order valence-electron chi connectivity index (χ2n) is 7.00. The van der Waals surface area contributed by atoms with E-state index in [1.54, 1.807) is 29.4 Å². The minimum Gasteiger partial charge on any atom is -0.486 e. The lowest BCUT2D eigenvalue weighted by Gasteiger charge is -2.22. The lowest BCUT2D eigenvalue weighted by molar-refractivity contribution is -0.122. The molecule has 5 rings (SSSR count). The fraction of sp³-hybridized carbons (Fsp3) is 0.238. The zero-order valence-corrected chi connectivity index (χ0v) is 16.7. The second-order valence-corrected chi connectivity index (χ2v) is 7.86. The predicted molar refractivity (Wildman–Crippen MR) is 112 cm³/mol. The van der Waals surface area contributed by atoms with Gasteiger partial charge in [0.2, 0.25) is 11.8 Å². The quantitative estimate of drug-likeness (QED) is 0.695. The van der Waals surface area contributed by atoms with Gasteiger partial charge in [-0.3, -0.25) is 14.6 Å². The van der Waals surface area contributed by atoms with Crippen LogP contribution in [0.3, 0.4) is 0 Å². The summed E-state index contributed by atoms with van der Waals surface area (Å²) in [6.45, 7) is 1.30. The number of thiazole rings is 1. The van der Waals surface area contributed by atoms with Crippen LogP contribution in [0.15, 0.2) is 48.1 Å². The molecule has 2 aliphatic heterocycles. The van der Waals surface area contributed by atoms with Gasteiger partial charge in [0.15, 0.2) is 16.6 Å². The number of rotatable bonds is 4. The number of pyridine rings is 1. The van der Waals surface area contributed by atoms with E-state index in [0.29, 0.717) is 42.1 Å². The Balaban J connectivity index is 1.26. The minimum absolute atomic E-state index is 0.0954. The molecule has 2 aliphatic rings. The zero-order chi connectivity index (χ0) is 20.5. The maximum absolute atomic E-state index is 12.7. The van der Waals surface area contributed by atoms with Gasteiger partial charge in [0.1, 0.15) is 13.2 Å². The van der Waals surface area contributed by atoms with Gasteiger partial charge < -0.3 is 19.7 Å². The van der Waals surface area contributed by atoms with E-state index in [1.165, 1.54) is 11.3 Å². The molecule has 1 saturated heterocycles. The molecule has 8 nitrogen and oxygen atoms in total. The monoisotopic (exact) mass is 422 g/mol. The molecule has 30 heavy (non-hydrogen) atoms. The number of ether oxygens (including phenoxy) is 2. The van der Waals surface area contributed by atoms with E-state index in [-0.39, 0.29) is 18.2 Å². The molecular formula is C21H18N4O4S. The maximum Gasteiger partial charge on any atom is 0.231 e. The molecule has 1 unspecified atom stereocenters. The molecule has 0 aliphatic carbocycles. The van der Waals surface area contributed by atoms with Gasteiger partial charge in [-0.25, -0.2) is 4.98 Å². The van der Waals surface area contributed by atoms with Crippen molar-refractivity contribution >= 4 is 34.0 Å². The van der Waals surface area contributed by atoms with Crippen molar-refractivity contribution in [2.24, 2.45) is 5.92 Å². The number of benzene rings is 1. The Hall–Kier alpha value is -3.46. The van der Waals surface area contributed by atoms with Crippen molar-refractivity contribution in [3.8, 4) is 22.8 Å². The van der Waals surface area contributed by atoms with Crippen molar-refractivity contribution in [1.82, 2.24) is 9.97 Å². The van der Waals surface area contributed by atoms with Gasteiger partial charge >= 0.3 is 0 Å². The summed E-state index contributed by atoms with van der Waals surface area (Å²) < 4.78 is 11.1. The van der Waals surface area contributed by atoms with Crippen molar-refractivity contribution < 1.29 is 19.1 Å². The van der Waals surface area contributed by atoms with Crippen LogP contribution in [-0.4, -0.2) is 41.5 Å². The van der Waals surface area contributed by atoms with Crippen LogP contribution in [0, 0.1) is 5.92 Å². The van der Waals surface area contributed by atoms with Gasteiger partial charge in [-0.1, -0.05) is 0 Å². The van der Waals surface area contributed by atoms with Gasteiger partial charge in [-0.05, 0) is 24.3 Å². The zero-order valence-electron chi connectivity index (χ0n) is 15.9. The molecule has 9 heteroatoms. The first-order valence-electron chi connectivity index (χ1n) is 9.54. The highest BCUT2D eigenvalue weighted by Gasteiger charge is 2.36. The molecule has 0 spiro atoms. The normalized spacial score (nSPS) is 17.8. The molecule has 2 aromatic heterocycles. The smallest absolute Gasteiger partial charge is 0.231 e. The largest absolute Gasteiger partial charge is 0.486 e. The summed E-state index contributed by atoms with van der Waals surface area (Å²) >= 11 is 1.35. The molecule has 1 aromatic carbocycles. The fourth-order valence-corrected chi connectivity index (χ4v) is 4.24. The third-order valence-electron chi connectivity index (χ3n) is 5.02. The van der Waals surface area contributed by atoms with Crippen molar-refractivity contribution in [1.29, 1.82) is 0 Å². The summed E-state index contributed by atoms with van der Waals surface area (Å²) in [4.78, 5) is 35.4. The fourth-order valence-electron chi connectivity index (χ4n) is 3.52. The molecule has 0 saturated carbocycles. The Morgan fingerprint density at radius 3 is 2.90 bits per heavy atom. The molecule has 0 bridgehead atoms. The third kappa shape index (κ3) is 3.59. The van der Waals surface area contributed by atoms with E-state index >= 15 is 0 Å². The van der Waals surface area contributed by atoms with Crippen molar-refractivity contribution in [2.45, 2.75) is 6.42 Å². The highest BCUT2D eigenvalue weighted by molar-refractivity contribution is 7.14. The summed E-state index contributed by atoms with van der Waals surface area (Å²) in [6.07, 6.45) is 3.58. The molecular weight excluding hydrogens is 404 g/mol. The molecule has 1 N–H and O–H groups in total. The Kier molecular flexibility index (Phi) is 4.80. The molecule has 3 aromatic rings. The van der Waals surface area contributed by atoms with E-state index < -0.39 is 5.92 Å². The van der Waals surface area contributed by atoms with Crippen LogP contribution in [0.5, 0.6) is 11.5 Å². The number of nitrogens with one attached hydrogen (secondary N) is 1. The van der Waals surface area contributed by atoms with Crippen molar-refractivity contribution in [2.75, 3.05) is 30.0 Å². The summed E-state index contributed by atoms with van der Waals surface area (Å²) in [5.74, 6) is 0.526. The molecule has 0 radical (unpaired) electrons. The number of anilines is 2. The standard InChI is InChI=1S/C21H18N4O4S/c26-19-8-14(11-25(19)15-3-4-17-18(9-15)29-7-6-28-17)20(27)24-21-23-16(12-30-21)13-2-1-5-22-10-13/h1-5,9-10,12,14H,6-8,11H2,(H,23,24,27). The van der Waals surface area contributed by atoms with Crippen LogP contribution >= 0.6 is 11.3 Å². The summed E-state index contributed by atoms with van der Waals surface area (Å²) in [6, 6.07) is 9.14. The van der Waals surface area contributed by atoms with E-state index in [2.05, 4.69) is 15.3 Å². The number of carbonyl (C=O) groups excluding carboxylic acids is 2. The Bertz CT molecular complexity index is 1100. The Labute approximate surface area is 176 Å². The topological polar surface area (TPSA) is 93.7 Å². The summed E-state index contributed by atoms with van der Waals surface area (Å²) in [7, 11) is 0. The number of amides is 2. The number of carbonyl (C=O) groups is 2. The van der Waals surface area contributed by atoms with E-state index in [0.717, 1.165) is 11.3 Å². The second kappa shape index (κ2) is 7.75. The summed E-state index contributed by atoms with van der Waals surface area (Å²) in [5.41, 5.74) is 2.34. The van der Waals surface area contributed by atoms with Crippen LogP contribution in [0.25, 0.3) is 11.3 Å². The predicted octanol–water partition coefficient (Wildman–Crippen LogP) is 2.97. The highest BCUT2D eigenvalue weighted by Crippen LogP contribution is 2.36. The van der Waals surface area contributed by atoms with Crippen LogP contribution in [0.2, 0.25) is 0 Å². The molecule has 4 heterocycles. The summed E-state index contributed by atoms with van der Waals surface area (Å²) in [5, 5.41) is 5.21. The van der Waals surface area contributed by atoms with E-state index in [9.17, 15) is 9.59 Å². The molecule has 1 fully saturated rings. The lowest BCUT2D eigenvalue weighted by Crippen LogP contribution is -2.28. The average Bonchev–Trinajstić information content (AvgIpc) is 3.41. The first-order chi connectivity index (χ1) is 14.7. The van der Waals surface area contributed by atoms with Crippen LogP contribution in [0.1, 0.15) is 6.42 Å². The first kappa shape index (κ1) is 18.6. The van der Waals surface area contributed by atoms with Gasteiger partial charge in [-0.2, -0.15) is 0 Å². The van der Waals surface area contributed by atoms with Crippen LogP contribution in [0.4, 0.5) is 10.8 Å². The Morgan fingerprint density at radius 2 is 2.07 bits per heavy atom. The van der Waals surface area contributed by atoms with Crippen LogP contribution in [-0.2, 0) is 9.59 Å². The number of nitrogens with zero attached hydrogens (tertiary/aromatic N) is 3. The van der Waals surface area contributed by atoms with Gasteiger partial charge in [0.25, 0.3) is 0 Å². The highest BCUT2D eigenvalue weighted by atomic mass is 32.1. The minimum atomic E-state index is -0.448.